The van der Waals surface area contributed by atoms with Crippen molar-refractivity contribution in [3.05, 3.63) is 66.5 Å². The zero-order valence-electron chi connectivity index (χ0n) is 16.7. The number of amides is 1. The number of hydrogen-bond acceptors (Lipinski definition) is 6. The van der Waals surface area contributed by atoms with Crippen LogP contribution < -0.4 is 15.5 Å². The van der Waals surface area contributed by atoms with Gasteiger partial charge >= 0.3 is 0 Å². The number of carbonyl (C=O) groups is 1. The largest absolute Gasteiger partial charge is 0.491 e. The minimum Gasteiger partial charge on any atom is -0.491 e. The van der Waals surface area contributed by atoms with Gasteiger partial charge in [0.15, 0.2) is 6.61 Å². The minimum atomic E-state index is -0.744. The summed E-state index contributed by atoms with van der Waals surface area (Å²) in [5.74, 6) is -0.330. The van der Waals surface area contributed by atoms with Gasteiger partial charge in [-0.3, -0.25) is 4.79 Å². The van der Waals surface area contributed by atoms with Crippen LogP contribution in [0.2, 0.25) is 0 Å². The number of morpholine rings is 1. The Balaban J connectivity index is 1.66. The van der Waals surface area contributed by atoms with E-state index in [-0.39, 0.29) is 17.5 Å². The maximum Gasteiger partial charge on any atom is 0.261 e. The van der Waals surface area contributed by atoms with Crippen molar-refractivity contribution in [1.82, 2.24) is 10.3 Å². The van der Waals surface area contributed by atoms with Crippen molar-refractivity contribution in [2.45, 2.75) is 6.42 Å². The lowest BCUT2D eigenvalue weighted by Crippen LogP contribution is -2.36. The van der Waals surface area contributed by atoms with Gasteiger partial charge in [0.1, 0.15) is 11.6 Å². The number of halogens is 2. The van der Waals surface area contributed by atoms with Gasteiger partial charge < -0.3 is 25.0 Å². The molecule has 1 aromatic rings. The standard InChI is InChI=1S/C21H26ClFN4O3/c1-16(26-21(28)15-30-11-3-4-19(22)17(2)23)5-7-24-20-14-18(6-8-25-20)27-9-12-29-13-10-27/h3-4,6,8,11,14H,1-2,5,7,9-10,12-13,15H2,(H,24,25)(H,26,28)/b11-3+,19-4+. The van der Waals surface area contributed by atoms with Crippen molar-refractivity contribution in [2.24, 2.45) is 0 Å². The molecular formula is C21H26ClFN4O3. The smallest absolute Gasteiger partial charge is 0.261 e. The van der Waals surface area contributed by atoms with Crippen molar-refractivity contribution in [1.29, 1.82) is 0 Å². The Bertz CT molecular complexity index is 807. The molecule has 7 nitrogen and oxygen atoms in total. The predicted octanol–water partition coefficient (Wildman–Crippen LogP) is 3.49. The van der Waals surface area contributed by atoms with Gasteiger partial charge in [-0.05, 0) is 18.2 Å². The molecule has 30 heavy (non-hydrogen) atoms. The number of anilines is 2. The van der Waals surface area contributed by atoms with Gasteiger partial charge in [0.05, 0.1) is 24.5 Å². The van der Waals surface area contributed by atoms with Crippen molar-refractivity contribution >= 4 is 29.0 Å². The lowest BCUT2D eigenvalue weighted by atomic mass is 10.3. The number of aromatic nitrogens is 1. The van der Waals surface area contributed by atoms with Gasteiger partial charge in [-0.25, -0.2) is 9.37 Å². The third-order valence-electron chi connectivity index (χ3n) is 4.06. The van der Waals surface area contributed by atoms with E-state index in [1.54, 1.807) is 6.20 Å². The first-order valence-corrected chi connectivity index (χ1v) is 9.82. The minimum absolute atomic E-state index is 0.134. The summed E-state index contributed by atoms with van der Waals surface area (Å²) in [7, 11) is 0. The fourth-order valence-corrected chi connectivity index (χ4v) is 2.64. The van der Waals surface area contributed by atoms with E-state index in [0.29, 0.717) is 18.7 Å². The van der Waals surface area contributed by atoms with Crippen molar-refractivity contribution in [3.8, 4) is 0 Å². The molecule has 2 heterocycles. The molecule has 1 aromatic heterocycles. The summed E-state index contributed by atoms with van der Waals surface area (Å²) in [5.41, 5.74) is 1.65. The summed E-state index contributed by atoms with van der Waals surface area (Å²) in [6, 6.07) is 3.97. The molecular weight excluding hydrogens is 411 g/mol. The molecule has 9 heteroatoms. The Hall–Kier alpha value is -2.84. The average molecular weight is 437 g/mol. The summed E-state index contributed by atoms with van der Waals surface area (Å²) in [6.45, 7) is 10.4. The summed E-state index contributed by atoms with van der Waals surface area (Å²) >= 11 is 5.54. The van der Waals surface area contributed by atoms with E-state index in [9.17, 15) is 9.18 Å². The predicted molar refractivity (Wildman–Crippen MR) is 117 cm³/mol. The summed E-state index contributed by atoms with van der Waals surface area (Å²) < 4.78 is 23.0. The van der Waals surface area contributed by atoms with Crippen LogP contribution in [0.5, 0.6) is 0 Å². The molecule has 162 valence electrons. The van der Waals surface area contributed by atoms with Crippen LogP contribution in [-0.4, -0.2) is 50.3 Å². The zero-order valence-corrected chi connectivity index (χ0v) is 17.5. The Labute approximate surface area is 180 Å². The van der Waals surface area contributed by atoms with Gasteiger partial charge in [-0.1, -0.05) is 24.8 Å². The number of hydrogen-bond donors (Lipinski definition) is 2. The molecule has 0 aliphatic carbocycles. The number of nitrogens with one attached hydrogen (secondary N) is 2. The molecule has 2 rings (SSSR count). The van der Waals surface area contributed by atoms with E-state index >= 15 is 0 Å². The van der Waals surface area contributed by atoms with E-state index in [0.717, 1.165) is 37.8 Å². The Kier molecular flexibility index (Phi) is 9.90. The molecule has 0 spiro atoms. The van der Waals surface area contributed by atoms with Gasteiger partial charge in [-0.2, -0.15) is 0 Å². The molecule has 1 aliphatic rings. The number of rotatable bonds is 11. The van der Waals surface area contributed by atoms with Crippen LogP contribution in [0.4, 0.5) is 15.9 Å². The van der Waals surface area contributed by atoms with Crippen LogP contribution in [0, 0.1) is 0 Å². The maximum atomic E-state index is 12.6. The van der Waals surface area contributed by atoms with Crippen LogP contribution >= 0.6 is 11.6 Å². The molecule has 0 aromatic carbocycles. The highest BCUT2D eigenvalue weighted by molar-refractivity contribution is 6.31. The molecule has 1 fully saturated rings. The monoisotopic (exact) mass is 436 g/mol. The first-order valence-electron chi connectivity index (χ1n) is 9.44. The molecule has 1 saturated heterocycles. The van der Waals surface area contributed by atoms with E-state index in [1.807, 2.05) is 12.1 Å². The lowest BCUT2D eigenvalue weighted by Gasteiger charge is -2.29. The molecule has 1 amide bonds. The molecule has 0 radical (unpaired) electrons. The molecule has 0 bridgehead atoms. The Morgan fingerprint density at radius 3 is 2.90 bits per heavy atom. The lowest BCUT2D eigenvalue weighted by molar-refractivity contribution is -0.123. The van der Waals surface area contributed by atoms with Crippen molar-refractivity contribution in [2.75, 3.05) is 49.7 Å². The van der Waals surface area contributed by atoms with E-state index in [4.69, 9.17) is 21.1 Å². The van der Waals surface area contributed by atoms with E-state index in [1.165, 1.54) is 18.4 Å². The third kappa shape index (κ3) is 8.67. The van der Waals surface area contributed by atoms with Crippen LogP contribution in [0.25, 0.3) is 0 Å². The maximum absolute atomic E-state index is 12.6. The quantitative estimate of drug-likeness (QED) is 0.408. The average Bonchev–Trinajstić information content (AvgIpc) is 2.74. The van der Waals surface area contributed by atoms with Crippen LogP contribution in [0.1, 0.15) is 6.42 Å². The van der Waals surface area contributed by atoms with Crippen LogP contribution in [0.3, 0.4) is 0 Å². The van der Waals surface area contributed by atoms with Gasteiger partial charge in [0.2, 0.25) is 0 Å². The first-order chi connectivity index (χ1) is 14.5. The molecule has 2 N–H and O–H groups in total. The second-order valence-corrected chi connectivity index (χ2v) is 6.79. The van der Waals surface area contributed by atoms with Gasteiger partial charge in [0.25, 0.3) is 5.91 Å². The fourth-order valence-electron chi connectivity index (χ4n) is 2.57. The Morgan fingerprint density at radius 2 is 2.17 bits per heavy atom. The number of nitrogens with zero attached hydrogens (tertiary/aromatic N) is 2. The summed E-state index contributed by atoms with van der Waals surface area (Å²) in [6.07, 6.45) is 6.18. The van der Waals surface area contributed by atoms with Gasteiger partial charge in [-0.15, -0.1) is 0 Å². The summed E-state index contributed by atoms with van der Waals surface area (Å²) in [5, 5.41) is 5.75. The molecule has 1 aliphatic heterocycles. The number of carbonyl (C=O) groups excluding carboxylic acids is 1. The number of ether oxygens (including phenoxy) is 2. The van der Waals surface area contributed by atoms with Crippen LogP contribution in [-0.2, 0) is 14.3 Å². The third-order valence-corrected chi connectivity index (χ3v) is 4.39. The first kappa shape index (κ1) is 23.4. The topological polar surface area (TPSA) is 75.7 Å². The second-order valence-electron chi connectivity index (χ2n) is 6.39. The molecule has 0 unspecified atom stereocenters. The number of pyridine rings is 1. The second kappa shape index (κ2) is 12.7. The normalized spacial score (nSPS) is 14.5. The molecule has 0 atom stereocenters. The van der Waals surface area contributed by atoms with Gasteiger partial charge in [0, 0.05) is 49.7 Å². The van der Waals surface area contributed by atoms with Crippen molar-refractivity contribution < 1.29 is 18.7 Å². The van der Waals surface area contributed by atoms with Crippen molar-refractivity contribution in [3.63, 3.8) is 0 Å². The summed E-state index contributed by atoms with van der Waals surface area (Å²) in [4.78, 5) is 18.4. The van der Waals surface area contributed by atoms with E-state index < -0.39 is 5.83 Å². The molecule has 0 saturated carbocycles. The number of allylic oxidation sites excluding steroid dienone is 4. The van der Waals surface area contributed by atoms with Crippen LogP contribution in [0.15, 0.2) is 66.5 Å². The highest BCUT2D eigenvalue weighted by atomic mass is 35.5. The Morgan fingerprint density at radius 1 is 1.40 bits per heavy atom. The highest BCUT2D eigenvalue weighted by Gasteiger charge is 2.11. The van der Waals surface area contributed by atoms with E-state index in [2.05, 4.69) is 33.7 Å². The SMILES string of the molecule is C=C(CCNc1cc(N2CCOCC2)ccn1)NC(=O)CO/C=C/C=C(/Cl)C(=C)F. The zero-order chi connectivity index (χ0) is 21.8. The highest BCUT2D eigenvalue weighted by Crippen LogP contribution is 2.18. The fraction of sp³-hybridized carbons (Fsp3) is 0.333.